The summed E-state index contributed by atoms with van der Waals surface area (Å²) in [5.41, 5.74) is 0.545. The van der Waals surface area contributed by atoms with Crippen molar-refractivity contribution < 1.29 is 4.79 Å². The lowest BCUT2D eigenvalue weighted by molar-refractivity contribution is 0.0906. The van der Waals surface area contributed by atoms with Crippen molar-refractivity contribution in [3.8, 4) is 0 Å². The maximum Gasteiger partial charge on any atom is 0.179 e. The highest BCUT2D eigenvalue weighted by Crippen LogP contribution is 2.31. The third-order valence-electron chi connectivity index (χ3n) is 2.54. The van der Waals surface area contributed by atoms with Crippen molar-refractivity contribution in [2.24, 2.45) is 0 Å². The van der Waals surface area contributed by atoms with Crippen LogP contribution in [0.25, 0.3) is 0 Å². The number of Topliss-reactive ketones (excluding diaryl/α,β-unsaturated/α-hetero) is 1. The predicted octanol–water partition coefficient (Wildman–Crippen LogP) is 4.36. The first kappa shape index (κ1) is 15.0. The van der Waals surface area contributed by atoms with Gasteiger partial charge in [-0.25, -0.2) is 0 Å². The summed E-state index contributed by atoms with van der Waals surface area (Å²) in [7, 11) is 0. The van der Waals surface area contributed by atoms with E-state index in [-0.39, 0.29) is 5.78 Å². The molecule has 0 bridgehead atoms. The van der Waals surface area contributed by atoms with Crippen molar-refractivity contribution in [1.29, 1.82) is 0 Å². The van der Waals surface area contributed by atoms with Crippen LogP contribution >= 0.6 is 34.5 Å². The normalized spacial score (nSPS) is 11.5. The number of hydrogen-bond donors (Lipinski definition) is 0. The Balaban J connectivity index is 2.73. The van der Waals surface area contributed by atoms with Crippen LogP contribution in [0.5, 0.6) is 0 Å². The van der Waals surface area contributed by atoms with Crippen LogP contribution in [0.2, 0.25) is 8.67 Å². The summed E-state index contributed by atoms with van der Waals surface area (Å²) >= 11 is 13.1. The Labute approximate surface area is 117 Å². The molecule has 2 nitrogen and oxygen atoms in total. The molecule has 0 saturated carbocycles. The topological polar surface area (TPSA) is 20.3 Å². The second-order valence-corrected chi connectivity index (χ2v) is 6.51. The zero-order valence-corrected chi connectivity index (χ0v) is 12.6. The van der Waals surface area contributed by atoms with Gasteiger partial charge in [-0.05, 0) is 32.9 Å². The van der Waals surface area contributed by atoms with Crippen LogP contribution < -0.4 is 0 Å². The van der Waals surface area contributed by atoms with E-state index >= 15 is 0 Å². The minimum absolute atomic E-state index is 0.0419. The van der Waals surface area contributed by atoms with Crippen LogP contribution in [0, 0.1) is 0 Å². The molecule has 0 aliphatic heterocycles. The summed E-state index contributed by atoms with van der Waals surface area (Å²) in [5.74, 6) is 0.0419. The largest absolute Gasteiger partial charge is 0.293 e. The first-order chi connectivity index (χ1) is 7.95. The summed E-state index contributed by atoms with van der Waals surface area (Å²) in [6, 6.07) is 2.01. The molecule has 1 aromatic heterocycles. The molecule has 0 unspecified atom stereocenters. The van der Waals surface area contributed by atoms with E-state index in [1.807, 2.05) is 0 Å². The van der Waals surface area contributed by atoms with E-state index in [9.17, 15) is 4.79 Å². The van der Waals surface area contributed by atoms with Crippen LogP contribution in [-0.2, 0) is 0 Å². The summed E-state index contributed by atoms with van der Waals surface area (Å²) in [6.45, 7) is 7.60. The fourth-order valence-corrected chi connectivity index (χ4v) is 3.11. The van der Waals surface area contributed by atoms with E-state index < -0.39 is 0 Å². The SMILES string of the molecule is CCCN(CC(=O)c1cc(Cl)sc1Cl)C(C)C. The van der Waals surface area contributed by atoms with E-state index in [0.717, 1.165) is 13.0 Å². The number of ketones is 1. The molecule has 0 aliphatic carbocycles. The van der Waals surface area contributed by atoms with Gasteiger partial charge in [-0.3, -0.25) is 9.69 Å². The summed E-state index contributed by atoms with van der Waals surface area (Å²) in [4.78, 5) is 14.2. The molecular formula is C12H17Cl2NOS. The molecule has 0 saturated heterocycles. The molecular weight excluding hydrogens is 277 g/mol. The maximum absolute atomic E-state index is 12.1. The molecule has 0 spiro atoms. The molecule has 0 aromatic carbocycles. The molecule has 0 aliphatic rings. The maximum atomic E-state index is 12.1. The van der Waals surface area contributed by atoms with Gasteiger partial charge in [0.05, 0.1) is 16.4 Å². The molecule has 17 heavy (non-hydrogen) atoms. The highest BCUT2D eigenvalue weighted by atomic mass is 35.5. The van der Waals surface area contributed by atoms with Crippen LogP contribution in [-0.4, -0.2) is 29.8 Å². The minimum atomic E-state index is 0.0419. The Hall–Kier alpha value is -0.0900. The van der Waals surface area contributed by atoms with E-state index in [1.54, 1.807) is 6.07 Å². The van der Waals surface area contributed by atoms with Gasteiger partial charge in [0.1, 0.15) is 4.34 Å². The monoisotopic (exact) mass is 293 g/mol. The smallest absolute Gasteiger partial charge is 0.179 e. The summed E-state index contributed by atoms with van der Waals surface area (Å²) in [5, 5.41) is 0. The van der Waals surface area contributed by atoms with Crippen LogP contribution in [0.3, 0.4) is 0 Å². The Bertz CT molecular complexity index is 390. The molecule has 0 fully saturated rings. The van der Waals surface area contributed by atoms with Crippen LogP contribution in [0.1, 0.15) is 37.6 Å². The summed E-state index contributed by atoms with van der Waals surface area (Å²) in [6.07, 6.45) is 1.03. The predicted molar refractivity (Wildman–Crippen MR) is 75.7 cm³/mol. The Morgan fingerprint density at radius 2 is 2.12 bits per heavy atom. The standard InChI is InChI=1S/C12H17Cl2NOS/c1-4-5-15(8(2)3)7-10(16)9-6-11(13)17-12(9)14/h6,8H,4-5,7H2,1-3H3. The molecule has 1 rings (SSSR count). The van der Waals surface area contributed by atoms with Gasteiger partial charge >= 0.3 is 0 Å². The molecule has 96 valence electrons. The lowest BCUT2D eigenvalue weighted by Crippen LogP contribution is -2.36. The number of hydrogen-bond acceptors (Lipinski definition) is 3. The van der Waals surface area contributed by atoms with E-state index in [0.29, 0.717) is 26.8 Å². The fourth-order valence-electron chi connectivity index (χ4n) is 1.61. The second kappa shape index (κ2) is 6.74. The number of rotatable bonds is 6. The zero-order valence-electron chi connectivity index (χ0n) is 10.3. The molecule has 5 heteroatoms. The van der Waals surface area contributed by atoms with Gasteiger partial charge in [0, 0.05) is 6.04 Å². The Kier molecular flexibility index (Phi) is 5.93. The third-order valence-corrected chi connectivity index (χ3v) is 4.03. The molecule has 1 aromatic rings. The first-order valence-electron chi connectivity index (χ1n) is 5.67. The van der Waals surface area contributed by atoms with Crippen molar-refractivity contribution in [3.05, 3.63) is 20.3 Å². The van der Waals surface area contributed by atoms with Crippen LogP contribution in [0.15, 0.2) is 6.07 Å². The quantitative estimate of drug-likeness (QED) is 0.727. The Morgan fingerprint density at radius 3 is 2.53 bits per heavy atom. The van der Waals surface area contributed by atoms with Gasteiger partial charge < -0.3 is 0 Å². The van der Waals surface area contributed by atoms with E-state index in [4.69, 9.17) is 23.2 Å². The van der Waals surface area contributed by atoms with Gasteiger partial charge in [0.15, 0.2) is 5.78 Å². The third kappa shape index (κ3) is 4.25. The van der Waals surface area contributed by atoms with Gasteiger partial charge in [0.25, 0.3) is 0 Å². The minimum Gasteiger partial charge on any atom is -0.293 e. The van der Waals surface area contributed by atoms with Gasteiger partial charge in [-0.2, -0.15) is 0 Å². The lowest BCUT2D eigenvalue weighted by atomic mass is 10.2. The second-order valence-electron chi connectivity index (χ2n) is 4.23. The van der Waals surface area contributed by atoms with Crippen molar-refractivity contribution in [2.45, 2.75) is 33.2 Å². The highest BCUT2D eigenvalue weighted by molar-refractivity contribution is 7.20. The molecule has 0 atom stereocenters. The van der Waals surface area contributed by atoms with Crippen LogP contribution in [0.4, 0.5) is 0 Å². The summed E-state index contributed by atoms with van der Waals surface area (Å²) < 4.78 is 1.05. The number of carbonyl (C=O) groups is 1. The van der Waals surface area contributed by atoms with Crippen molar-refractivity contribution in [2.75, 3.05) is 13.1 Å². The number of halogens is 2. The molecule has 0 radical (unpaired) electrons. The number of thiophene rings is 1. The number of carbonyl (C=O) groups excluding carboxylic acids is 1. The average Bonchev–Trinajstić information content (AvgIpc) is 2.57. The van der Waals surface area contributed by atoms with E-state index in [2.05, 4.69) is 25.7 Å². The van der Waals surface area contributed by atoms with Crippen molar-refractivity contribution in [3.63, 3.8) is 0 Å². The average molecular weight is 294 g/mol. The van der Waals surface area contributed by atoms with Crippen molar-refractivity contribution >= 4 is 40.3 Å². The highest BCUT2D eigenvalue weighted by Gasteiger charge is 2.18. The molecule has 0 N–H and O–H groups in total. The molecule has 0 amide bonds. The first-order valence-corrected chi connectivity index (χ1v) is 7.25. The van der Waals surface area contributed by atoms with Gasteiger partial charge in [0.2, 0.25) is 0 Å². The lowest BCUT2D eigenvalue weighted by Gasteiger charge is -2.24. The number of nitrogens with zero attached hydrogens (tertiary/aromatic N) is 1. The Morgan fingerprint density at radius 1 is 1.47 bits per heavy atom. The zero-order chi connectivity index (χ0) is 13.0. The van der Waals surface area contributed by atoms with Gasteiger partial charge in [-0.15, -0.1) is 11.3 Å². The van der Waals surface area contributed by atoms with E-state index in [1.165, 1.54) is 11.3 Å². The molecule has 1 heterocycles. The fraction of sp³-hybridized carbons (Fsp3) is 0.583. The van der Waals surface area contributed by atoms with Gasteiger partial charge in [-0.1, -0.05) is 30.1 Å². The van der Waals surface area contributed by atoms with Crippen molar-refractivity contribution in [1.82, 2.24) is 4.90 Å².